The van der Waals surface area contributed by atoms with E-state index in [9.17, 15) is 4.79 Å². The van der Waals surface area contributed by atoms with E-state index in [4.69, 9.17) is 0 Å². The van der Waals surface area contributed by atoms with Crippen LogP contribution in [0.1, 0.15) is 12.8 Å². The third-order valence-corrected chi connectivity index (χ3v) is 4.87. The smallest absolute Gasteiger partial charge is 0.225 e. The third kappa shape index (κ3) is 2.15. The Morgan fingerprint density at radius 1 is 1.19 bits per heavy atom. The molecule has 4 rings (SSSR count). The van der Waals surface area contributed by atoms with Crippen LogP contribution in [0.25, 0.3) is 10.9 Å². The van der Waals surface area contributed by atoms with Gasteiger partial charge in [-0.15, -0.1) is 0 Å². The van der Waals surface area contributed by atoms with Crippen LogP contribution in [0, 0.1) is 11.8 Å². The lowest BCUT2D eigenvalue weighted by Crippen LogP contribution is -2.51. The average molecular weight is 281 g/mol. The van der Waals surface area contributed by atoms with E-state index in [-0.39, 0.29) is 11.8 Å². The Hall–Kier alpha value is -2.10. The predicted octanol–water partition coefficient (Wildman–Crippen LogP) is 2.20. The van der Waals surface area contributed by atoms with Crippen LogP contribution >= 0.6 is 0 Å². The largest absolute Gasteiger partial charge is 0.370 e. The van der Waals surface area contributed by atoms with Crippen molar-refractivity contribution in [2.24, 2.45) is 11.8 Å². The molecule has 4 nitrogen and oxygen atoms in total. The number of para-hydroxylation sites is 1. The summed E-state index contributed by atoms with van der Waals surface area (Å²) < 4.78 is 0. The van der Waals surface area contributed by atoms with Gasteiger partial charge in [-0.25, -0.2) is 0 Å². The molecule has 1 aromatic carbocycles. The number of hydrogen-bond donors (Lipinski definition) is 1. The molecular formula is C17H19N3O. The van der Waals surface area contributed by atoms with Crippen molar-refractivity contribution in [1.29, 1.82) is 0 Å². The number of pyridine rings is 1. The van der Waals surface area contributed by atoms with Crippen molar-refractivity contribution < 1.29 is 4.79 Å². The maximum Gasteiger partial charge on any atom is 0.225 e. The Bertz CT molecular complexity index is 679. The van der Waals surface area contributed by atoms with Crippen LogP contribution in [-0.2, 0) is 4.79 Å². The molecule has 0 bridgehead atoms. The number of carbonyl (C=O) groups is 1. The number of rotatable bonds is 1. The number of nitrogens with one attached hydrogen (secondary N) is 1. The lowest BCUT2D eigenvalue weighted by Gasteiger charge is -2.41. The van der Waals surface area contributed by atoms with Gasteiger partial charge in [-0.3, -0.25) is 9.78 Å². The monoisotopic (exact) mass is 281 g/mol. The quantitative estimate of drug-likeness (QED) is 0.871. The number of nitrogens with zero attached hydrogens (tertiary/aromatic N) is 2. The molecule has 1 aromatic heterocycles. The fourth-order valence-corrected chi connectivity index (χ4v) is 3.73. The van der Waals surface area contributed by atoms with E-state index in [0.717, 1.165) is 38.0 Å². The molecule has 4 heteroatoms. The number of hydrogen-bond acceptors (Lipinski definition) is 3. The number of aromatic nitrogens is 1. The predicted molar refractivity (Wildman–Crippen MR) is 83.2 cm³/mol. The van der Waals surface area contributed by atoms with Gasteiger partial charge in [0.1, 0.15) is 0 Å². The first kappa shape index (κ1) is 12.6. The van der Waals surface area contributed by atoms with E-state index in [1.54, 1.807) is 0 Å². The second-order valence-corrected chi connectivity index (χ2v) is 6.03. The van der Waals surface area contributed by atoms with Crippen LogP contribution in [0.2, 0.25) is 0 Å². The Kier molecular flexibility index (Phi) is 3.02. The number of carbonyl (C=O) groups excluding carboxylic acids is 1. The molecule has 0 saturated carbocycles. The molecule has 1 amide bonds. The second-order valence-electron chi connectivity index (χ2n) is 6.03. The van der Waals surface area contributed by atoms with Gasteiger partial charge in [0.25, 0.3) is 0 Å². The molecule has 2 aliphatic rings. The third-order valence-electron chi connectivity index (χ3n) is 4.87. The summed E-state index contributed by atoms with van der Waals surface area (Å²) in [6, 6.07) is 10.3. The van der Waals surface area contributed by atoms with Crippen LogP contribution < -0.4 is 10.2 Å². The molecule has 2 fully saturated rings. The zero-order chi connectivity index (χ0) is 14.2. The molecule has 0 radical (unpaired) electrons. The van der Waals surface area contributed by atoms with Crippen LogP contribution in [0.3, 0.4) is 0 Å². The summed E-state index contributed by atoms with van der Waals surface area (Å²) in [5, 5.41) is 4.19. The highest BCUT2D eigenvalue weighted by Crippen LogP contribution is 2.34. The maximum atomic E-state index is 12.1. The van der Waals surface area contributed by atoms with E-state index in [1.165, 1.54) is 11.1 Å². The van der Waals surface area contributed by atoms with E-state index in [2.05, 4.69) is 27.3 Å². The van der Waals surface area contributed by atoms with Gasteiger partial charge in [-0.05, 0) is 30.9 Å². The number of anilines is 1. The van der Waals surface area contributed by atoms with Gasteiger partial charge in [0.15, 0.2) is 0 Å². The van der Waals surface area contributed by atoms with Crippen molar-refractivity contribution in [2.75, 3.05) is 24.5 Å². The van der Waals surface area contributed by atoms with Gasteiger partial charge >= 0.3 is 0 Å². The Morgan fingerprint density at radius 2 is 2.10 bits per heavy atom. The highest BCUT2D eigenvalue weighted by molar-refractivity contribution is 5.92. The highest BCUT2D eigenvalue weighted by Gasteiger charge is 2.36. The molecular weight excluding hydrogens is 262 g/mol. The molecule has 2 saturated heterocycles. The molecule has 0 spiro atoms. The fraction of sp³-hybridized carbons (Fsp3) is 0.412. The number of amides is 1. The number of benzene rings is 1. The van der Waals surface area contributed by atoms with Crippen molar-refractivity contribution >= 4 is 22.5 Å². The molecule has 0 unspecified atom stereocenters. The molecule has 3 heterocycles. The summed E-state index contributed by atoms with van der Waals surface area (Å²) in [5.74, 6) is 0.928. The first-order chi connectivity index (χ1) is 10.3. The molecule has 0 aliphatic carbocycles. The van der Waals surface area contributed by atoms with Crippen molar-refractivity contribution in [2.45, 2.75) is 12.8 Å². The maximum absolute atomic E-state index is 12.1. The van der Waals surface area contributed by atoms with Gasteiger partial charge in [0, 0.05) is 36.9 Å². The van der Waals surface area contributed by atoms with Gasteiger partial charge in [-0.1, -0.05) is 18.2 Å². The Labute approximate surface area is 124 Å². The van der Waals surface area contributed by atoms with Gasteiger partial charge < -0.3 is 10.2 Å². The summed E-state index contributed by atoms with van der Waals surface area (Å²) >= 11 is 0. The standard InChI is InChI=1S/C17H19N3O/c21-17-14-11-20(10-7-12(14)5-8-19-17)16-6-9-18-15-4-2-1-3-13(15)16/h1-4,6,9,12,14H,5,7-8,10-11H2,(H,19,21)/t12-,14+/m1/s1. The molecule has 1 N–H and O–H groups in total. The van der Waals surface area contributed by atoms with Crippen LogP contribution in [0.5, 0.6) is 0 Å². The Morgan fingerprint density at radius 3 is 3.05 bits per heavy atom. The van der Waals surface area contributed by atoms with Crippen LogP contribution in [-0.4, -0.2) is 30.5 Å². The highest BCUT2D eigenvalue weighted by atomic mass is 16.2. The minimum absolute atomic E-state index is 0.138. The average Bonchev–Trinajstić information content (AvgIpc) is 2.54. The molecule has 21 heavy (non-hydrogen) atoms. The minimum atomic E-state index is 0.138. The zero-order valence-electron chi connectivity index (χ0n) is 12.0. The van der Waals surface area contributed by atoms with E-state index in [1.807, 2.05) is 24.4 Å². The van der Waals surface area contributed by atoms with Gasteiger partial charge in [0.2, 0.25) is 5.91 Å². The molecule has 2 atom stereocenters. The van der Waals surface area contributed by atoms with Crippen molar-refractivity contribution in [3.63, 3.8) is 0 Å². The Balaban J connectivity index is 1.68. The van der Waals surface area contributed by atoms with Gasteiger partial charge in [0.05, 0.1) is 11.4 Å². The van der Waals surface area contributed by atoms with Crippen molar-refractivity contribution in [3.8, 4) is 0 Å². The van der Waals surface area contributed by atoms with Crippen LogP contribution in [0.4, 0.5) is 5.69 Å². The van der Waals surface area contributed by atoms with E-state index < -0.39 is 0 Å². The lowest BCUT2D eigenvalue weighted by molar-refractivity contribution is -0.129. The van der Waals surface area contributed by atoms with E-state index in [0.29, 0.717) is 5.92 Å². The van der Waals surface area contributed by atoms with Crippen LogP contribution in [0.15, 0.2) is 36.5 Å². The second kappa shape index (κ2) is 5.02. The summed E-state index contributed by atoms with van der Waals surface area (Å²) in [4.78, 5) is 18.9. The summed E-state index contributed by atoms with van der Waals surface area (Å²) in [6.07, 6.45) is 4.10. The van der Waals surface area contributed by atoms with Crippen molar-refractivity contribution in [1.82, 2.24) is 10.3 Å². The lowest BCUT2D eigenvalue weighted by atomic mass is 9.80. The molecule has 108 valence electrons. The topological polar surface area (TPSA) is 45.2 Å². The normalized spacial score (nSPS) is 25.5. The number of piperidine rings is 2. The zero-order valence-corrected chi connectivity index (χ0v) is 12.0. The molecule has 2 aromatic rings. The number of fused-ring (bicyclic) bond motifs is 2. The summed E-state index contributed by atoms with van der Waals surface area (Å²) in [7, 11) is 0. The fourth-order valence-electron chi connectivity index (χ4n) is 3.73. The minimum Gasteiger partial charge on any atom is -0.370 e. The SMILES string of the molecule is O=C1NCC[C@@H]2CCN(c3ccnc4ccccc34)C[C@H]12. The summed E-state index contributed by atoms with van der Waals surface area (Å²) in [5.41, 5.74) is 2.22. The van der Waals surface area contributed by atoms with Gasteiger partial charge in [-0.2, -0.15) is 0 Å². The molecule has 2 aliphatic heterocycles. The first-order valence-corrected chi connectivity index (χ1v) is 7.69. The van der Waals surface area contributed by atoms with E-state index >= 15 is 0 Å². The summed E-state index contributed by atoms with van der Waals surface area (Å²) in [6.45, 7) is 2.70. The first-order valence-electron chi connectivity index (χ1n) is 7.69. The van der Waals surface area contributed by atoms with Crippen molar-refractivity contribution in [3.05, 3.63) is 36.5 Å².